The first-order valence-corrected chi connectivity index (χ1v) is 11.9. The fourth-order valence-corrected chi connectivity index (χ4v) is 4.21. The van der Waals surface area contributed by atoms with E-state index in [-0.39, 0.29) is 18.0 Å². The maximum atomic E-state index is 13.9. The van der Waals surface area contributed by atoms with E-state index < -0.39 is 14.8 Å². The highest BCUT2D eigenvalue weighted by Crippen LogP contribution is 2.29. The molecule has 0 radical (unpaired) electrons. The molecule has 2 rings (SSSR count). The average Bonchev–Trinajstić information content (AvgIpc) is 2.60. The van der Waals surface area contributed by atoms with Crippen LogP contribution in [-0.4, -0.2) is 51.6 Å². The summed E-state index contributed by atoms with van der Waals surface area (Å²) in [6.07, 6.45) is 2.80. The molecule has 1 aliphatic rings. The summed E-state index contributed by atoms with van der Waals surface area (Å²) in [7, 11) is -3.28. The van der Waals surface area contributed by atoms with Gasteiger partial charge in [-0.3, -0.25) is 0 Å². The summed E-state index contributed by atoms with van der Waals surface area (Å²) in [6.45, 7) is 11.8. The molecule has 0 saturated carbocycles. The topological polar surface area (TPSA) is 70.7 Å². The number of unbranched alkanes of at least 4 members (excludes halogenated alkanes) is 2. The quantitative estimate of drug-likeness (QED) is 0.585. The van der Waals surface area contributed by atoms with Crippen molar-refractivity contribution in [3.63, 3.8) is 0 Å². The Balaban J connectivity index is 1.81. The molecule has 1 heterocycles. The Morgan fingerprint density at radius 1 is 1.10 bits per heavy atom. The van der Waals surface area contributed by atoms with Gasteiger partial charge >= 0.3 is 0 Å². The maximum absolute atomic E-state index is 13.9. The van der Waals surface area contributed by atoms with Gasteiger partial charge in [-0.2, -0.15) is 0 Å². The van der Waals surface area contributed by atoms with E-state index in [9.17, 15) is 12.8 Å². The zero-order valence-corrected chi connectivity index (χ0v) is 19.1. The second-order valence-corrected chi connectivity index (χ2v) is 11.3. The lowest BCUT2D eigenvalue weighted by Crippen LogP contribution is -2.45. The maximum Gasteiger partial charge on any atom is 0.216 e. The fraction of sp³-hybridized carbons (Fsp3) is 0.714. The number of nitrogens with zero attached hydrogens (tertiary/aromatic N) is 1. The van der Waals surface area contributed by atoms with Gasteiger partial charge in [0.05, 0.1) is 28.3 Å². The molecule has 1 aromatic carbocycles. The largest absolute Gasteiger partial charge is 0.383 e. The average molecular weight is 430 g/mol. The van der Waals surface area contributed by atoms with Gasteiger partial charge in [-0.1, -0.05) is 6.42 Å². The highest BCUT2D eigenvalue weighted by atomic mass is 32.2. The van der Waals surface area contributed by atoms with Gasteiger partial charge in [0, 0.05) is 26.2 Å². The number of rotatable bonds is 9. The van der Waals surface area contributed by atoms with Crippen LogP contribution in [0.2, 0.25) is 0 Å². The number of hydrogen-bond acceptors (Lipinski definition) is 5. The van der Waals surface area contributed by atoms with Crippen LogP contribution in [0.3, 0.4) is 0 Å². The van der Waals surface area contributed by atoms with Crippen molar-refractivity contribution in [1.82, 2.24) is 4.72 Å². The summed E-state index contributed by atoms with van der Waals surface area (Å²) in [6, 6.07) is 4.84. The molecule has 0 aliphatic carbocycles. The van der Waals surface area contributed by atoms with E-state index in [1.807, 2.05) is 13.8 Å². The van der Waals surface area contributed by atoms with Gasteiger partial charge in [0.15, 0.2) is 0 Å². The molecule has 1 fully saturated rings. The van der Waals surface area contributed by atoms with Crippen LogP contribution in [0.15, 0.2) is 18.2 Å². The molecule has 29 heavy (non-hydrogen) atoms. The van der Waals surface area contributed by atoms with Crippen molar-refractivity contribution in [2.75, 3.05) is 36.4 Å². The number of nitrogens with one attached hydrogen (secondary N) is 2. The molecule has 2 unspecified atom stereocenters. The van der Waals surface area contributed by atoms with E-state index in [0.29, 0.717) is 6.54 Å². The Labute approximate surface area is 175 Å². The van der Waals surface area contributed by atoms with E-state index >= 15 is 0 Å². The van der Waals surface area contributed by atoms with E-state index in [1.165, 1.54) is 6.07 Å². The minimum Gasteiger partial charge on any atom is -0.383 e. The summed E-state index contributed by atoms with van der Waals surface area (Å²) < 4.78 is 45.6. The highest BCUT2D eigenvalue weighted by molar-refractivity contribution is 7.90. The number of halogens is 1. The van der Waals surface area contributed by atoms with Gasteiger partial charge in [0.25, 0.3) is 0 Å². The molecule has 0 spiro atoms. The van der Waals surface area contributed by atoms with E-state index in [4.69, 9.17) is 4.74 Å². The van der Waals surface area contributed by atoms with Crippen LogP contribution in [0.5, 0.6) is 0 Å². The van der Waals surface area contributed by atoms with E-state index in [0.717, 1.165) is 50.3 Å². The molecule has 6 nitrogen and oxygen atoms in total. The standard InChI is InChI=1S/C21H36FN3O3S/c1-16-14-25(15-17(2)28-16)20-13-18(22)9-10-19(20)23-11-7-6-8-12-24-29(26,27)21(3,4)5/h9-10,13,16-17,23-24H,6-8,11-12,14-15H2,1-5H3. The van der Waals surface area contributed by atoms with Gasteiger partial charge in [-0.15, -0.1) is 0 Å². The van der Waals surface area contributed by atoms with Crippen LogP contribution in [0, 0.1) is 5.82 Å². The van der Waals surface area contributed by atoms with Crippen molar-refractivity contribution in [2.24, 2.45) is 0 Å². The normalized spacial score (nSPS) is 20.7. The Bertz CT molecular complexity index is 755. The molecule has 1 aromatic rings. The summed E-state index contributed by atoms with van der Waals surface area (Å²) in [5.41, 5.74) is 1.78. The molecule has 1 aliphatic heterocycles. The lowest BCUT2D eigenvalue weighted by Gasteiger charge is -2.37. The van der Waals surface area contributed by atoms with Gasteiger partial charge in [0.1, 0.15) is 5.82 Å². The number of ether oxygens (including phenoxy) is 1. The first-order chi connectivity index (χ1) is 13.5. The molecule has 0 amide bonds. The zero-order chi connectivity index (χ0) is 21.7. The van der Waals surface area contributed by atoms with Crippen LogP contribution in [0.25, 0.3) is 0 Å². The van der Waals surface area contributed by atoms with Crippen molar-refractivity contribution in [2.45, 2.75) is 70.8 Å². The molecule has 0 bridgehead atoms. The number of hydrogen-bond donors (Lipinski definition) is 2. The third kappa shape index (κ3) is 7.12. The molecular formula is C21H36FN3O3S. The van der Waals surface area contributed by atoms with Crippen molar-refractivity contribution in [3.05, 3.63) is 24.0 Å². The monoisotopic (exact) mass is 429 g/mol. The van der Waals surface area contributed by atoms with Crippen LogP contribution in [-0.2, 0) is 14.8 Å². The SMILES string of the molecule is CC1CN(c2cc(F)ccc2NCCCCCNS(=O)(=O)C(C)(C)C)CC(C)O1. The molecule has 2 atom stereocenters. The summed E-state index contributed by atoms with van der Waals surface area (Å²) in [5.74, 6) is -0.247. The molecule has 1 saturated heterocycles. The summed E-state index contributed by atoms with van der Waals surface area (Å²) in [4.78, 5) is 2.17. The Morgan fingerprint density at radius 3 is 2.34 bits per heavy atom. The van der Waals surface area contributed by atoms with Gasteiger partial charge < -0.3 is 15.0 Å². The van der Waals surface area contributed by atoms with E-state index in [2.05, 4.69) is 14.9 Å². The zero-order valence-electron chi connectivity index (χ0n) is 18.3. The minimum atomic E-state index is -3.28. The molecule has 166 valence electrons. The Hall–Kier alpha value is -1.38. The number of anilines is 2. The fourth-order valence-electron chi connectivity index (χ4n) is 3.36. The van der Waals surface area contributed by atoms with Gasteiger partial charge in [0.2, 0.25) is 10.0 Å². The van der Waals surface area contributed by atoms with Crippen molar-refractivity contribution in [1.29, 1.82) is 0 Å². The predicted octanol–water partition coefficient (Wildman–Crippen LogP) is 3.74. The van der Waals surface area contributed by atoms with Crippen LogP contribution >= 0.6 is 0 Å². The van der Waals surface area contributed by atoms with Gasteiger partial charge in [-0.05, 0) is 65.7 Å². The highest BCUT2D eigenvalue weighted by Gasteiger charge is 2.28. The minimum absolute atomic E-state index is 0.103. The second-order valence-electron chi connectivity index (χ2n) is 8.82. The summed E-state index contributed by atoms with van der Waals surface area (Å²) in [5, 5.41) is 3.41. The third-order valence-corrected chi connectivity index (χ3v) is 7.18. The Kier molecular flexibility index (Phi) is 8.31. The molecule has 0 aromatic heterocycles. The molecular weight excluding hydrogens is 393 g/mol. The summed E-state index contributed by atoms with van der Waals surface area (Å²) >= 11 is 0. The first-order valence-electron chi connectivity index (χ1n) is 10.4. The van der Waals surface area contributed by atoms with Crippen LogP contribution in [0.4, 0.5) is 15.8 Å². The first kappa shape index (κ1) is 23.9. The smallest absolute Gasteiger partial charge is 0.216 e. The lowest BCUT2D eigenvalue weighted by molar-refractivity contribution is -0.00519. The van der Waals surface area contributed by atoms with E-state index in [1.54, 1.807) is 32.9 Å². The number of benzene rings is 1. The van der Waals surface area contributed by atoms with Crippen LogP contribution in [0.1, 0.15) is 53.9 Å². The second kappa shape index (κ2) is 10.1. The third-order valence-electron chi connectivity index (χ3n) is 4.99. The van der Waals surface area contributed by atoms with Crippen molar-refractivity contribution in [3.8, 4) is 0 Å². The van der Waals surface area contributed by atoms with Crippen molar-refractivity contribution >= 4 is 21.4 Å². The van der Waals surface area contributed by atoms with Gasteiger partial charge in [-0.25, -0.2) is 17.5 Å². The predicted molar refractivity (Wildman–Crippen MR) is 118 cm³/mol. The lowest BCUT2D eigenvalue weighted by atomic mass is 10.1. The molecule has 2 N–H and O–H groups in total. The number of sulfonamides is 1. The van der Waals surface area contributed by atoms with Crippen LogP contribution < -0.4 is 14.9 Å². The Morgan fingerprint density at radius 2 is 1.72 bits per heavy atom. The number of morpholine rings is 1. The molecule has 8 heteroatoms. The van der Waals surface area contributed by atoms with Crippen molar-refractivity contribution < 1.29 is 17.5 Å².